The fraction of sp³-hybridized carbons (Fsp3) is 0.448. The molecule has 1 aliphatic rings. The van der Waals surface area contributed by atoms with Gasteiger partial charge >= 0.3 is 12.4 Å². The predicted molar refractivity (Wildman–Crippen MR) is 147 cm³/mol. The van der Waals surface area contributed by atoms with Gasteiger partial charge in [-0.3, -0.25) is 9.69 Å². The van der Waals surface area contributed by atoms with Gasteiger partial charge in [0.05, 0.1) is 16.8 Å². The Labute approximate surface area is 239 Å². The van der Waals surface area contributed by atoms with Crippen LogP contribution in [-0.2, 0) is 23.6 Å². The third-order valence-electron chi connectivity index (χ3n) is 7.10. The van der Waals surface area contributed by atoms with Crippen LogP contribution in [0.15, 0.2) is 53.8 Å². The molecular formula is C29H33F6N5O2. The molecule has 1 N–H and O–H groups in total. The zero-order chi connectivity index (χ0) is 30.7. The third kappa shape index (κ3) is 7.82. The first kappa shape index (κ1) is 31.4. The van der Waals surface area contributed by atoms with E-state index in [1.54, 1.807) is 0 Å². The second-order valence-electron chi connectivity index (χ2n) is 10.7. The number of nitrogens with one attached hydrogen (secondary N) is 1. The molecule has 0 unspecified atom stereocenters. The van der Waals surface area contributed by atoms with Crippen molar-refractivity contribution in [1.29, 1.82) is 0 Å². The molecule has 3 aromatic rings. The monoisotopic (exact) mass is 597 g/mol. The van der Waals surface area contributed by atoms with Crippen molar-refractivity contribution < 1.29 is 36.0 Å². The van der Waals surface area contributed by atoms with Gasteiger partial charge in [0.15, 0.2) is 0 Å². The average Bonchev–Trinajstić information content (AvgIpc) is 3.32. The topological polar surface area (TPSA) is 64.2 Å². The summed E-state index contributed by atoms with van der Waals surface area (Å²) < 4.78 is 81.1. The maximum atomic E-state index is 13.6. The number of benzene rings is 2. The van der Waals surface area contributed by atoms with Crippen LogP contribution < -0.4 is 0 Å². The molecule has 0 radical (unpaired) electrons. The number of alkyl halides is 6. The minimum atomic E-state index is -5.05. The number of aromatic nitrogens is 1. The van der Waals surface area contributed by atoms with Gasteiger partial charge in [0, 0.05) is 61.4 Å². The first-order valence-corrected chi connectivity index (χ1v) is 13.4. The fourth-order valence-corrected chi connectivity index (χ4v) is 5.04. The van der Waals surface area contributed by atoms with E-state index in [0.717, 1.165) is 16.5 Å². The summed E-state index contributed by atoms with van der Waals surface area (Å²) in [5.41, 5.74) is -1.23. The Balaban J connectivity index is 1.61. The van der Waals surface area contributed by atoms with E-state index in [4.69, 9.17) is 4.84 Å². The van der Waals surface area contributed by atoms with Crippen LogP contribution >= 0.6 is 0 Å². The van der Waals surface area contributed by atoms with Crippen LogP contribution in [-0.4, -0.2) is 90.8 Å². The predicted octanol–water partition coefficient (Wildman–Crippen LogP) is 5.53. The summed E-state index contributed by atoms with van der Waals surface area (Å²) in [7, 11) is 3.83. The number of likely N-dealkylation sites (N-methyl/N-ethyl adjacent to an activating group) is 1. The summed E-state index contributed by atoms with van der Waals surface area (Å²) in [5.74, 6) is -0.881. The fourth-order valence-electron chi connectivity index (χ4n) is 5.04. The number of oxime groups is 1. The van der Waals surface area contributed by atoms with E-state index in [1.807, 2.05) is 61.3 Å². The van der Waals surface area contributed by atoms with Crippen molar-refractivity contribution in [1.82, 2.24) is 19.7 Å². The number of carbonyl (C=O) groups is 1. The lowest BCUT2D eigenvalue weighted by atomic mass is 9.98. The van der Waals surface area contributed by atoms with Crippen molar-refractivity contribution in [2.24, 2.45) is 5.16 Å². The van der Waals surface area contributed by atoms with E-state index in [0.29, 0.717) is 57.1 Å². The highest BCUT2D eigenvalue weighted by atomic mass is 19.4. The van der Waals surface area contributed by atoms with Gasteiger partial charge in [0.2, 0.25) is 0 Å². The summed E-state index contributed by atoms with van der Waals surface area (Å²) in [6.07, 6.45) is -7.95. The van der Waals surface area contributed by atoms with Crippen LogP contribution in [0.5, 0.6) is 0 Å². The number of hydrogen-bond acceptors (Lipinski definition) is 5. The van der Waals surface area contributed by atoms with Crippen molar-refractivity contribution in [3.05, 3.63) is 70.9 Å². The van der Waals surface area contributed by atoms with Crippen molar-refractivity contribution in [3.8, 4) is 0 Å². The summed E-state index contributed by atoms with van der Waals surface area (Å²) in [4.78, 5) is 27.6. The van der Waals surface area contributed by atoms with Gasteiger partial charge in [-0.25, -0.2) is 0 Å². The molecule has 1 atom stereocenters. The van der Waals surface area contributed by atoms with Crippen molar-refractivity contribution in [2.75, 3.05) is 53.4 Å². The Kier molecular flexibility index (Phi) is 9.51. The lowest BCUT2D eigenvalue weighted by Gasteiger charge is -2.41. The molecule has 2 aromatic carbocycles. The van der Waals surface area contributed by atoms with Crippen LogP contribution in [0.4, 0.5) is 26.3 Å². The van der Waals surface area contributed by atoms with Crippen LogP contribution in [0.2, 0.25) is 0 Å². The maximum Gasteiger partial charge on any atom is 0.416 e. The molecule has 1 fully saturated rings. The molecule has 1 aromatic heterocycles. The molecule has 228 valence electrons. The normalized spacial score (nSPS) is 17.3. The number of rotatable bonds is 9. The Morgan fingerprint density at radius 1 is 1.05 bits per heavy atom. The number of para-hydroxylation sites is 1. The highest BCUT2D eigenvalue weighted by Crippen LogP contribution is 2.37. The van der Waals surface area contributed by atoms with E-state index >= 15 is 0 Å². The van der Waals surface area contributed by atoms with Gasteiger partial charge in [-0.15, -0.1) is 0 Å². The Morgan fingerprint density at radius 3 is 2.36 bits per heavy atom. The molecule has 1 amide bonds. The number of fused-ring (bicyclic) bond motifs is 1. The molecule has 2 heterocycles. The highest BCUT2D eigenvalue weighted by Gasteiger charge is 2.39. The minimum Gasteiger partial charge on any atom is -0.394 e. The molecule has 1 aliphatic heterocycles. The van der Waals surface area contributed by atoms with E-state index in [-0.39, 0.29) is 12.6 Å². The number of H-pyrrole nitrogens is 1. The van der Waals surface area contributed by atoms with E-state index in [2.05, 4.69) is 10.1 Å². The van der Waals surface area contributed by atoms with Gasteiger partial charge in [-0.1, -0.05) is 23.4 Å². The first-order valence-electron chi connectivity index (χ1n) is 13.4. The van der Waals surface area contributed by atoms with Gasteiger partial charge in [-0.2, -0.15) is 26.3 Å². The minimum absolute atomic E-state index is 0.0286. The largest absolute Gasteiger partial charge is 0.416 e. The lowest BCUT2D eigenvalue weighted by Crippen LogP contribution is -2.56. The Bertz CT molecular complexity index is 1380. The molecule has 0 saturated carbocycles. The zero-order valence-corrected chi connectivity index (χ0v) is 23.5. The molecule has 13 heteroatoms. The maximum absolute atomic E-state index is 13.6. The molecule has 7 nitrogen and oxygen atoms in total. The SMILES string of the molecule is C/C(CN1CCN(C(=O)c2cc(C(F)(F)F)cc(C(F)(F)F)c2)[C@H](Cc2c[nH]c3ccccc23)C1)=N\OCCN(C)C. The lowest BCUT2D eigenvalue weighted by molar-refractivity contribution is -0.143. The van der Waals surface area contributed by atoms with Crippen LogP contribution in [0, 0.1) is 0 Å². The van der Waals surface area contributed by atoms with E-state index in [1.165, 1.54) is 4.90 Å². The molecule has 0 bridgehead atoms. The molecule has 1 saturated heterocycles. The van der Waals surface area contributed by atoms with Gasteiger partial charge in [0.25, 0.3) is 5.91 Å². The summed E-state index contributed by atoms with van der Waals surface area (Å²) >= 11 is 0. The van der Waals surface area contributed by atoms with Crippen LogP contribution in [0.3, 0.4) is 0 Å². The summed E-state index contributed by atoms with van der Waals surface area (Å²) in [6, 6.07) is 8.04. The van der Waals surface area contributed by atoms with Crippen molar-refractivity contribution in [3.63, 3.8) is 0 Å². The highest BCUT2D eigenvalue weighted by molar-refractivity contribution is 5.95. The number of carbonyl (C=O) groups excluding carboxylic acids is 1. The molecule has 0 spiro atoms. The standard InChI is InChI=1S/C29H33F6N5O2/c1-19(37-42-11-10-38(2)3)17-39-8-9-40(24(18-39)14-21-16-36-26-7-5-4-6-25(21)26)27(41)20-12-22(28(30,31)32)15-23(13-20)29(33,34)35/h4-7,12-13,15-16,24,36H,8-11,14,17-18H2,1-3H3/b37-19+/t24-/m1/s1. The zero-order valence-electron chi connectivity index (χ0n) is 23.5. The smallest absolute Gasteiger partial charge is 0.394 e. The first-order chi connectivity index (χ1) is 19.7. The summed E-state index contributed by atoms with van der Waals surface area (Å²) in [6.45, 7) is 4.13. The van der Waals surface area contributed by atoms with Crippen LogP contribution in [0.25, 0.3) is 10.9 Å². The van der Waals surface area contributed by atoms with E-state index < -0.39 is 41.0 Å². The average molecular weight is 598 g/mol. The van der Waals surface area contributed by atoms with Gasteiger partial charge < -0.3 is 19.6 Å². The second-order valence-corrected chi connectivity index (χ2v) is 10.7. The van der Waals surface area contributed by atoms with Crippen molar-refractivity contribution >= 4 is 22.5 Å². The Hall–Kier alpha value is -3.58. The summed E-state index contributed by atoms with van der Waals surface area (Å²) in [5, 5.41) is 5.07. The quantitative estimate of drug-likeness (QED) is 0.153. The number of hydrogen-bond donors (Lipinski definition) is 1. The van der Waals surface area contributed by atoms with Gasteiger partial charge in [0.1, 0.15) is 6.61 Å². The number of halogens is 6. The molecule has 0 aliphatic carbocycles. The number of aromatic amines is 1. The molecular weight excluding hydrogens is 564 g/mol. The third-order valence-corrected chi connectivity index (χ3v) is 7.10. The van der Waals surface area contributed by atoms with Gasteiger partial charge in [-0.05, 0) is 57.3 Å². The molecule has 4 rings (SSSR count). The molecule has 42 heavy (non-hydrogen) atoms. The number of amides is 1. The number of nitrogens with zero attached hydrogens (tertiary/aromatic N) is 4. The van der Waals surface area contributed by atoms with E-state index in [9.17, 15) is 31.1 Å². The second kappa shape index (κ2) is 12.7. The van der Waals surface area contributed by atoms with Crippen LogP contribution in [0.1, 0.15) is 34.0 Å². The number of piperazine rings is 1. The van der Waals surface area contributed by atoms with Crippen molar-refractivity contribution in [2.45, 2.75) is 31.7 Å². The Morgan fingerprint density at radius 2 is 1.71 bits per heavy atom.